The second-order valence-electron chi connectivity index (χ2n) is 4.74. The van der Waals surface area contributed by atoms with Gasteiger partial charge in [-0.3, -0.25) is 0 Å². The molecule has 4 heteroatoms. The van der Waals surface area contributed by atoms with Crippen molar-refractivity contribution in [3.63, 3.8) is 0 Å². The van der Waals surface area contributed by atoms with Crippen molar-refractivity contribution in [3.8, 4) is 0 Å². The molecule has 0 unspecified atom stereocenters. The molecular weight excluding hydrogens is 313 g/mol. The van der Waals surface area contributed by atoms with Gasteiger partial charge in [-0.15, -0.1) is 5.10 Å². The molecule has 1 aromatic carbocycles. The second kappa shape index (κ2) is 3.84. The standard InChI is InChI=1S/C12H14IN3/c1-5-8-6-10-11(7-9(8)13)16(15-14-10)12(2,3)4/h5-7H,1H2,2-4H3. The van der Waals surface area contributed by atoms with Crippen LogP contribution in [0.2, 0.25) is 0 Å². The summed E-state index contributed by atoms with van der Waals surface area (Å²) in [4.78, 5) is 0. The van der Waals surface area contributed by atoms with Gasteiger partial charge < -0.3 is 0 Å². The maximum absolute atomic E-state index is 4.21. The van der Waals surface area contributed by atoms with Gasteiger partial charge >= 0.3 is 0 Å². The highest BCUT2D eigenvalue weighted by Gasteiger charge is 2.18. The molecule has 0 amide bonds. The van der Waals surface area contributed by atoms with E-state index in [0.717, 1.165) is 16.6 Å². The SMILES string of the molecule is C=Cc1cc2nnn(C(C)(C)C)c2cc1I. The quantitative estimate of drug-likeness (QED) is 0.751. The molecule has 0 aliphatic carbocycles. The molecule has 0 N–H and O–H groups in total. The highest BCUT2D eigenvalue weighted by molar-refractivity contribution is 14.1. The van der Waals surface area contributed by atoms with E-state index < -0.39 is 0 Å². The van der Waals surface area contributed by atoms with Crippen molar-refractivity contribution in [3.05, 3.63) is 27.8 Å². The maximum Gasteiger partial charge on any atom is 0.113 e. The summed E-state index contributed by atoms with van der Waals surface area (Å²) in [5.41, 5.74) is 3.05. The average Bonchev–Trinajstić information content (AvgIpc) is 2.58. The molecule has 0 atom stereocenters. The third-order valence-electron chi connectivity index (χ3n) is 2.42. The van der Waals surface area contributed by atoms with Crippen molar-refractivity contribution in [2.45, 2.75) is 26.3 Å². The molecule has 3 nitrogen and oxygen atoms in total. The fourth-order valence-electron chi connectivity index (χ4n) is 1.61. The maximum atomic E-state index is 4.21. The Labute approximate surface area is 109 Å². The van der Waals surface area contributed by atoms with Crippen LogP contribution in [0.25, 0.3) is 17.1 Å². The Morgan fingerprint density at radius 1 is 1.38 bits per heavy atom. The molecule has 16 heavy (non-hydrogen) atoms. The lowest BCUT2D eigenvalue weighted by molar-refractivity contribution is 0.358. The largest absolute Gasteiger partial charge is 0.239 e. The molecule has 0 spiro atoms. The van der Waals surface area contributed by atoms with Gasteiger partial charge in [0, 0.05) is 3.57 Å². The lowest BCUT2D eigenvalue weighted by atomic mass is 10.1. The van der Waals surface area contributed by atoms with Gasteiger partial charge in [-0.05, 0) is 61.1 Å². The fraction of sp³-hybridized carbons (Fsp3) is 0.333. The molecule has 0 aliphatic rings. The summed E-state index contributed by atoms with van der Waals surface area (Å²) in [6, 6.07) is 4.14. The van der Waals surface area contributed by atoms with Crippen LogP contribution in [0.5, 0.6) is 0 Å². The van der Waals surface area contributed by atoms with Crippen LogP contribution in [-0.2, 0) is 5.54 Å². The van der Waals surface area contributed by atoms with Gasteiger partial charge in [0.1, 0.15) is 5.52 Å². The van der Waals surface area contributed by atoms with Crippen LogP contribution >= 0.6 is 22.6 Å². The zero-order valence-electron chi connectivity index (χ0n) is 9.66. The molecule has 1 heterocycles. The summed E-state index contributed by atoms with van der Waals surface area (Å²) < 4.78 is 3.13. The van der Waals surface area contributed by atoms with Crippen molar-refractivity contribution in [2.75, 3.05) is 0 Å². The summed E-state index contributed by atoms with van der Waals surface area (Å²) in [6.45, 7) is 10.2. The third-order valence-corrected chi connectivity index (χ3v) is 3.35. The first kappa shape index (κ1) is 11.6. The zero-order valence-corrected chi connectivity index (χ0v) is 11.8. The summed E-state index contributed by atoms with van der Waals surface area (Å²) >= 11 is 2.31. The Morgan fingerprint density at radius 3 is 2.62 bits per heavy atom. The number of hydrogen-bond donors (Lipinski definition) is 0. The number of aromatic nitrogens is 3. The van der Waals surface area contributed by atoms with Gasteiger partial charge in [-0.1, -0.05) is 17.9 Å². The van der Waals surface area contributed by atoms with Crippen LogP contribution in [-0.4, -0.2) is 15.0 Å². The van der Waals surface area contributed by atoms with Gasteiger partial charge in [0.15, 0.2) is 0 Å². The Hall–Kier alpha value is -0.910. The molecule has 0 saturated carbocycles. The van der Waals surface area contributed by atoms with Crippen LogP contribution in [0, 0.1) is 3.57 Å². The highest BCUT2D eigenvalue weighted by atomic mass is 127. The summed E-state index contributed by atoms with van der Waals surface area (Å²) in [5.74, 6) is 0. The number of rotatable bonds is 1. The Morgan fingerprint density at radius 2 is 2.06 bits per heavy atom. The van der Waals surface area contributed by atoms with E-state index in [2.05, 4.69) is 66.3 Å². The monoisotopic (exact) mass is 327 g/mol. The van der Waals surface area contributed by atoms with E-state index in [1.165, 1.54) is 3.57 Å². The number of fused-ring (bicyclic) bond motifs is 1. The Bertz CT molecular complexity index is 549. The minimum atomic E-state index is -0.0481. The van der Waals surface area contributed by atoms with E-state index >= 15 is 0 Å². The van der Waals surface area contributed by atoms with E-state index in [1.54, 1.807) is 0 Å². The van der Waals surface area contributed by atoms with Crippen LogP contribution in [0.1, 0.15) is 26.3 Å². The first-order valence-electron chi connectivity index (χ1n) is 5.11. The molecule has 1 aromatic heterocycles. The van der Waals surface area contributed by atoms with Crippen molar-refractivity contribution in [1.29, 1.82) is 0 Å². The second-order valence-corrected chi connectivity index (χ2v) is 5.90. The normalized spacial score (nSPS) is 12.0. The van der Waals surface area contributed by atoms with E-state index in [0.29, 0.717) is 0 Å². The fourth-order valence-corrected chi connectivity index (χ4v) is 2.28. The van der Waals surface area contributed by atoms with E-state index in [9.17, 15) is 0 Å². The number of hydrogen-bond acceptors (Lipinski definition) is 2. The number of benzene rings is 1. The molecule has 0 aliphatic heterocycles. The minimum Gasteiger partial charge on any atom is -0.239 e. The summed E-state index contributed by atoms with van der Waals surface area (Å²) in [6.07, 6.45) is 1.84. The van der Waals surface area contributed by atoms with Gasteiger partial charge in [0.2, 0.25) is 0 Å². The van der Waals surface area contributed by atoms with Gasteiger partial charge in [0.25, 0.3) is 0 Å². The van der Waals surface area contributed by atoms with E-state index in [-0.39, 0.29) is 5.54 Å². The van der Waals surface area contributed by atoms with Gasteiger partial charge in [-0.2, -0.15) is 0 Å². The number of halogens is 1. The first-order chi connectivity index (χ1) is 7.43. The van der Waals surface area contributed by atoms with Crippen molar-refractivity contribution in [1.82, 2.24) is 15.0 Å². The molecule has 2 aromatic rings. The molecule has 84 valence electrons. The van der Waals surface area contributed by atoms with Crippen LogP contribution in [0.3, 0.4) is 0 Å². The molecule has 0 bridgehead atoms. The predicted molar refractivity (Wildman–Crippen MR) is 75.3 cm³/mol. The molecule has 0 radical (unpaired) electrons. The van der Waals surface area contributed by atoms with Crippen LogP contribution in [0.15, 0.2) is 18.7 Å². The smallest absolute Gasteiger partial charge is 0.113 e. The van der Waals surface area contributed by atoms with E-state index in [1.807, 2.05) is 16.8 Å². The van der Waals surface area contributed by atoms with Crippen molar-refractivity contribution < 1.29 is 0 Å². The summed E-state index contributed by atoms with van der Waals surface area (Å²) in [7, 11) is 0. The van der Waals surface area contributed by atoms with E-state index in [4.69, 9.17) is 0 Å². The summed E-state index contributed by atoms with van der Waals surface area (Å²) in [5, 5.41) is 8.41. The number of nitrogens with zero attached hydrogens (tertiary/aromatic N) is 3. The first-order valence-corrected chi connectivity index (χ1v) is 6.19. The van der Waals surface area contributed by atoms with Crippen LogP contribution in [0.4, 0.5) is 0 Å². The predicted octanol–water partition coefficient (Wildman–Crippen LogP) is 3.43. The van der Waals surface area contributed by atoms with Gasteiger partial charge in [0.05, 0.1) is 11.1 Å². The Balaban J connectivity index is 2.75. The Kier molecular flexibility index (Phi) is 2.77. The van der Waals surface area contributed by atoms with Crippen molar-refractivity contribution in [2.24, 2.45) is 0 Å². The lowest BCUT2D eigenvalue weighted by Gasteiger charge is -2.19. The molecule has 2 rings (SSSR count). The topological polar surface area (TPSA) is 30.7 Å². The zero-order chi connectivity index (χ0) is 11.9. The van der Waals surface area contributed by atoms with Crippen molar-refractivity contribution >= 4 is 39.7 Å². The van der Waals surface area contributed by atoms with Crippen LogP contribution < -0.4 is 0 Å². The van der Waals surface area contributed by atoms with Gasteiger partial charge in [-0.25, -0.2) is 4.68 Å². The molecular formula is C12H14IN3. The third kappa shape index (κ3) is 1.86. The average molecular weight is 327 g/mol. The minimum absolute atomic E-state index is 0.0481. The highest BCUT2D eigenvalue weighted by Crippen LogP contribution is 2.24. The lowest BCUT2D eigenvalue weighted by Crippen LogP contribution is -2.23. The molecule has 0 fully saturated rings. The molecule has 0 saturated heterocycles.